The minimum absolute atomic E-state index is 0.225. The number of aromatic nitrogens is 2. The maximum atomic E-state index is 12.7. The molecule has 21 heavy (non-hydrogen) atoms. The molecule has 0 radical (unpaired) electrons. The standard InChI is InChI=1S/C16H21N3OS/c1-11-14(12(2)18(3)17-11)9-16(20)19-7-4-5-15(19)13-6-8-21-10-13/h6,8,10,15H,4-5,7,9H2,1-3H3/t15-/m0/s1. The fraction of sp³-hybridized carbons (Fsp3) is 0.500. The number of amides is 1. The summed E-state index contributed by atoms with van der Waals surface area (Å²) in [5, 5.41) is 8.66. The Kier molecular flexibility index (Phi) is 3.85. The van der Waals surface area contributed by atoms with E-state index >= 15 is 0 Å². The topological polar surface area (TPSA) is 38.1 Å². The van der Waals surface area contributed by atoms with Gasteiger partial charge < -0.3 is 4.90 Å². The Morgan fingerprint density at radius 2 is 2.29 bits per heavy atom. The van der Waals surface area contributed by atoms with E-state index in [1.165, 1.54) is 5.56 Å². The molecule has 0 N–H and O–H groups in total. The largest absolute Gasteiger partial charge is 0.335 e. The molecular weight excluding hydrogens is 282 g/mol. The lowest BCUT2D eigenvalue weighted by Crippen LogP contribution is -2.31. The van der Waals surface area contributed by atoms with E-state index in [4.69, 9.17) is 0 Å². The third-order valence-electron chi connectivity index (χ3n) is 4.49. The van der Waals surface area contributed by atoms with Crippen molar-refractivity contribution in [3.8, 4) is 0 Å². The monoisotopic (exact) mass is 303 g/mol. The molecule has 1 saturated heterocycles. The van der Waals surface area contributed by atoms with Crippen LogP contribution in [0.2, 0.25) is 0 Å². The van der Waals surface area contributed by atoms with Crippen LogP contribution in [-0.4, -0.2) is 27.1 Å². The molecule has 1 fully saturated rings. The number of hydrogen-bond acceptors (Lipinski definition) is 3. The van der Waals surface area contributed by atoms with Gasteiger partial charge in [0.25, 0.3) is 0 Å². The second kappa shape index (κ2) is 5.64. The molecule has 0 aromatic carbocycles. The van der Waals surface area contributed by atoms with Gasteiger partial charge in [0.2, 0.25) is 5.91 Å². The zero-order valence-electron chi connectivity index (χ0n) is 12.8. The lowest BCUT2D eigenvalue weighted by molar-refractivity contribution is -0.131. The lowest BCUT2D eigenvalue weighted by atomic mass is 10.1. The third-order valence-corrected chi connectivity index (χ3v) is 5.19. The summed E-state index contributed by atoms with van der Waals surface area (Å²) in [4.78, 5) is 14.8. The fourth-order valence-corrected chi connectivity index (χ4v) is 3.91. The summed E-state index contributed by atoms with van der Waals surface area (Å²) in [7, 11) is 1.93. The van der Waals surface area contributed by atoms with Crippen LogP contribution in [0.5, 0.6) is 0 Å². The van der Waals surface area contributed by atoms with Crippen LogP contribution in [0.25, 0.3) is 0 Å². The molecular formula is C16H21N3OS. The van der Waals surface area contributed by atoms with Gasteiger partial charge in [-0.1, -0.05) is 0 Å². The quantitative estimate of drug-likeness (QED) is 0.874. The third kappa shape index (κ3) is 2.62. The number of rotatable bonds is 3. The summed E-state index contributed by atoms with van der Waals surface area (Å²) in [6.45, 7) is 4.89. The lowest BCUT2D eigenvalue weighted by Gasteiger charge is -2.24. The average molecular weight is 303 g/mol. The summed E-state index contributed by atoms with van der Waals surface area (Å²) in [5.74, 6) is 0.225. The first-order valence-corrected chi connectivity index (χ1v) is 8.33. The second-order valence-electron chi connectivity index (χ2n) is 5.75. The van der Waals surface area contributed by atoms with Crippen molar-refractivity contribution in [1.29, 1.82) is 0 Å². The van der Waals surface area contributed by atoms with E-state index in [2.05, 4.69) is 21.9 Å². The second-order valence-corrected chi connectivity index (χ2v) is 6.53. The zero-order chi connectivity index (χ0) is 15.0. The van der Waals surface area contributed by atoms with Crippen molar-refractivity contribution in [1.82, 2.24) is 14.7 Å². The van der Waals surface area contributed by atoms with Gasteiger partial charge in [0, 0.05) is 24.8 Å². The Bertz CT molecular complexity index is 645. The molecule has 1 aliphatic rings. The number of hydrogen-bond donors (Lipinski definition) is 0. The van der Waals surface area contributed by atoms with E-state index in [9.17, 15) is 4.79 Å². The van der Waals surface area contributed by atoms with Crippen molar-refractivity contribution in [2.75, 3.05) is 6.54 Å². The van der Waals surface area contributed by atoms with Crippen LogP contribution in [0, 0.1) is 13.8 Å². The maximum Gasteiger partial charge on any atom is 0.227 e. The predicted molar refractivity (Wildman–Crippen MR) is 84.4 cm³/mol. The van der Waals surface area contributed by atoms with E-state index < -0.39 is 0 Å². The highest BCUT2D eigenvalue weighted by Gasteiger charge is 2.30. The molecule has 4 nitrogen and oxygen atoms in total. The van der Waals surface area contributed by atoms with Gasteiger partial charge in [-0.25, -0.2) is 0 Å². The number of thiophene rings is 1. The van der Waals surface area contributed by atoms with Crippen LogP contribution in [0.3, 0.4) is 0 Å². The van der Waals surface area contributed by atoms with Crippen molar-refractivity contribution in [3.05, 3.63) is 39.3 Å². The van der Waals surface area contributed by atoms with Gasteiger partial charge in [0.15, 0.2) is 0 Å². The summed E-state index contributed by atoms with van der Waals surface area (Å²) in [6.07, 6.45) is 2.64. The highest BCUT2D eigenvalue weighted by Crippen LogP contribution is 2.33. The molecule has 0 aliphatic carbocycles. The van der Waals surface area contributed by atoms with E-state index in [0.717, 1.165) is 36.3 Å². The summed E-state index contributed by atoms with van der Waals surface area (Å²) in [6, 6.07) is 2.41. The number of carbonyl (C=O) groups is 1. The van der Waals surface area contributed by atoms with Crippen LogP contribution in [0.1, 0.15) is 41.4 Å². The highest BCUT2D eigenvalue weighted by molar-refractivity contribution is 7.07. The predicted octanol–water partition coefficient (Wildman–Crippen LogP) is 3.00. The first-order valence-electron chi connectivity index (χ1n) is 7.38. The Morgan fingerprint density at radius 1 is 1.48 bits per heavy atom. The number of nitrogens with zero attached hydrogens (tertiary/aromatic N) is 3. The number of aryl methyl sites for hydroxylation is 2. The molecule has 0 spiro atoms. The number of carbonyl (C=O) groups excluding carboxylic acids is 1. The molecule has 1 atom stereocenters. The molecule has 112 valence electrons. The SMILES string of the molecule is Cc1nn(C)c(C)c1CC(=O)N1CCC[C@H]1c1ccsc1. The first-order chi connectivity index (χ1) is 10.1. The van der Waals surface area contributed by atoms with Gasteiger partial charge >= 0.3 is 0 Å². The average Bonchev–Trinajstić information content (AvgIpc) is 3.15. The Hall–Kier alpha value is -1.62. The van der Waals surface area contributed by atoms with Gasteiger partial charge in [-0.2, -0.15) is 16.4 Å². The minimum Gasteiger partial charge on any atom is -0.335 e. The van der Waals surface area contributed by atoms with Crippen molar-refractivity contribution in [2.45, 2.75) is 39.2 Å². The van der Waals surface area contributed by atoms with Crippen molar-refractivity contribution in [2.24, 2.45) is 7.05 Å². The van der Waals surface area contributed by atoms with E-state index in [1.54, 1.807) is 11.3 Å². The van der Waals surface area contributed by atoms with Crippen molar-refractivity contribution >= 4 is 17.2 Å². The molecule has 5 heteroatoms. The van der Waals surface area contributed by atoms with Gasteiger partial charge in [-0.15, -0.1) is 0 Å². The zero-order valence-corrected chi connectivity index (χ0v) is 13.6. The summed E-state index contributed by atoms with van der Waals surface area (Å²) >= 11 is 1.70. The normalized spacial score (nSPS) is 18.4. The van der Waals surface area contributed by atoms with Crippen LogP contribution in [-0.2, 0) is 18.3 Å². The summed E-state index contributed by atoms with van der Waals surface area (Å²) in [5.41, 5.74) is 4.42. The Morgan fingerprint density at radius 3 is 2.90 bits per heavy atom. The molecule has 2 aromatic heterocycles. The Balaban J connectivity index is 1.79. The van der Waals surface area contributed by atoms with Crippen LogP contribution in [0.15, 0.2) is 16.8 Å². The molecule has 2 aromatic rings. The molecule has 0 unspecified atom stereocenters. The van der Waals surface area contributed by atoms with Crippen molar-refractivity contribution in [3.63, 3.8) is 0 Å². The first kappa shape index (κ1) is 14.3. The molecule has 3 rings (SSSR count). The van der Waals surface area contributed by atoms with E-state index in [1.807, 2.05) is 30.5 Å². The van der Waals surface area contributed by atoms with Gasteiger partial charge in [-0.3, -0.25) is 9.48 Å². The van der Waals surface area contributed by atoms with Crippen LogP contribution < -0.4 is 0 Å². The van der Waals surface area contributed by atoms with Gasteiger partial charge in [-0.05, 0) is 49.1 Å². The molecule has 0 bridgehead atoms. The highest BCUT2D eigenvalue weighted by atomic mass is 32.1. The molecule has 0 saturated carbocycles. The maximum absolute atomic E-state index is 12.7. The number of likely N-dealkylation sites (tertiary alicyclic amines) is 1. The van der Waals surface area contributed by atoms with Crippen LogP contribution in [0.4, 0.5) is 0 Å². The van der Waals surface area contributed by atoms with Crippen LogP contribution >= 0.6 is 11.3 Å². The minimum atomic E-state index is 0.225. The molecule has 1 amide bonds. The Labute approximate surface area is 129 Å². The van der Waals surface area contributed by atoms with Gasteiger partial charge in [0.05, 0.1) is 18.2 Å². The fourth-order valence-electron chi connectivity index (χ4n) is 3.20. The van der Waals surface area contributed by atoms with Gasteiger partial charge in [0.1, 0.15) is 0 Å². The van der Waals surface area contributed by atoms with Crippen molar-refractivity contribution < 1.29 is 4.79 Å². The van der Waals surface area contributed by atoms with E-state index in [0.29, 0.717) is 6.42 Å². The van der Waals surface area contributed by atoms with E-state index in [-0.39, 0.29) is 11.9 Å². The molecule has 3 heterocycles. The molecule has 1 aliphatic heterocycles. The smallest absolute Gasteiger partial charge is 0.227 e. The summed E-state index contributed by atoms with van der Waals surface area (Å²) < 4.78 is 1.86.